The van der Waals surface area contributed by atoms with Gasteiger partial charge in [0.05, 0.1) is 26.9 Å². The molecular formula is C8H4N6O6. The van der Waals surface area contributed by atoms with E-state index in [1.165, 1.54) is 0 Å². The Bertz CT molecular complexity index is 675. The van der Waals surface area contributed by atoms with Crippen molar-refractivity contribution < 1.29 is 14.8 Å². The molecular weight excluding hydrogens is 276 g/mol. The molecule has 2 rings (SSSR count). The smallest absolute Gasteiger partial charge is 0.258 e. The van der Waals surface area contributed by atoms with Crippen LogP contribution in [0.2, 0.25) is 0 Å². The summed E-state index contributed by atoms with van der Waals surface area (Å²) in [6.07, 6.45) is 2.04. The molecule has 20 heavy (non-hydrogen) atoms. The minimum atomic E-state index is -0.961. The molecule has 0 atom stereocenters. The van der Waals surface area contributed by atoms with E-state index in [-0.39, 0.29) is 0 Å². The molecule has 0 bridgehead atoms. The summed E-state index contributed by atoms with van der Waals surface area (Å²) in [6, 6.07) is 1.26. The summed E-state index contributed by atoms with van der Waals surface area (Å²) in [7, 11) is 0. The molecule has 0 saturated carbocycles. The average molecular weight is 280 g/mol. The predicted molar refractivity (Wildman–Crippen MR) is 61.3 cm³/mol. The van der Waals surface area contributed by atoms with Gasteiger partial charge in [-0.3, -0.25) is 30.3 Å². The largest absolute Gasteiger partial charge is 0.308 e. The second-order valence-corrected chi connectivity index (χ2v) is 3.44. The number of aromatic nitrogens is 3. The second-order valence-electron chi connectivity index (χ2n) is 3.44. The lowest BCUT2D eigenvalue weighted by molar-refractivity contribution is -0.402. The maximum atomic E-state index is 11.0. The standard InChI is InChI=1S/C8H4N6O6/c15-12(16)5-1-6(13(17)18)8(7(2-5)14(19)20)11-4-9-3-10-11/h1-4H. The van der Waals surface area contributed by atoms with Gasteiger partial charge in [-0.2, -0.15) is 5.10 Å². The van der Waals surface area contributed by atoms with E-state index in [4.69, 9.17) is 0 Å². The summed E-state index contributed by atoms with van der Waals surface area (Å²) >= 11 is 0. The van der Waals surface area contributed by atoms with E-state index in [0.29, 0.717) is 12.1 Å². The lowest BCUT2D eigenvalue weighted by atomic mass is 10.2. The highest BCUT2D eigenvalue weighted by atomic mass is 16.6. The lowest BCUT2D eigenvalue weighted by Gasteiger charge is -2.03. The third-order valence-corrected chi connectivity index (χ3v) is 2.31. The molecule has 0 saturated heterocycles. The maximum Gasteiger partial charge on any atom is 0.308 e. The van der Waals surface area contributed by atoms with Crippen molar-refractivity contribution in [3.8, 4) is 5.69 Å². The van der Waals surface area contributed by atoms with Gasteiger partial charge < -0.3 is 0 Å². The van der Waals surface area contributed by atoms with E-state index in [0.717, 1.165) is 17.3 Å². The summed E-state index contributed by atoms with van der Waals surface area (Å²) < 4.78 is 0.806. The molecule has 102 valence electrons. The van der Waals surface area contributed by atoms with E-state index < -0.39 is 37.5 Å². The van der Waals surface area contributed by atoms with Crippen LogP contribution in [0.25, 0.3) is 5.69 Å². The van der Waals surface area contributed by atoms with E-state index in [1.807, 2.05) is 0 Å². The zero-order valence-corrected chi connectivity index (χ0v) is 9.44. The van der Waals surface area contributed by atoms with Gasteiger partial charge in [0.15, 0.2) is 0 Å². The Morgan fingerprint density at radius 2 is 1.50 bits per heavy atom. The number of rotatable bonds is 4. The molecule has 1 aromatic carbocycles. The molecule has 1 aromatic heterocycles. The van der Waals surface area contributed by atoms with Crippen LogP contribution in [0.1, 0.15) is 0 Å². The van der Waals surface area contributed by atoms with E-state index in [1.54, 1.807) is 0 Å². The van der Waals surface area contributed by atoms with Gasteiger partial charge in [-0.1, -0.05) is 0 Å². The van der Waals surface area contributed by atoms with Crippen LogP contribution in [0.4, 0.5) is 17.1 Å². The Labute approximate surface area is 108 Å². The molecule has 0 N–H and O–H groups in total. The van der Waals surface area contributed by atoms with Crippen molar-refractivity contribution in [2.24, 2.45) is 0 Å². The number of non-ortho nitro benzene ring substituents is 1. The molecule has 12 heteroatoms. The number of nitro benzene ring substituents is 3. The van der Waals surface area contributed by atoms with Crippen LogP contribution in [0, 0.1) is 30.3 Å². The molecule has 0 spiro atoms. The zero-order valence-electron chi connectivity index (χ0n) is 9.44. The molecule has 2 aromatic rings. The number of nitrogens with zero attached hydrogens (tertiary/aromatic N) is 6. The van der Waals surface area contributed by atoms with Crippen molar-refractivity contribution in [3.05, 3.63) is 55.1 Å². The highest BCUT2D eigenvalue weighted by Gasteiger charge is 2.32. The van der Waals surface area contributed by atoms with Crippen molar-refractivity contribution in [1.82, 2.24) is 14.8 Å². The van der Waals surface area contributed by atoms with Crippen LogP contribution in [0.5, 0.6) is 0 Å². The Morgan fingerprint density at radius 1 is 0.950 bits per heavy atom. The lowest BCUT2D eigenvalue weighted by Crippen LogP contribution is -2.06. The monoisotopic (exact) mass is 280 g/mol. The molecule has 12 nitrogen and oxygen atoms in total. The second kappa shape index (κ2) is 4.68. The minimum absolute atomic E-state index is 0.497. The van der Waals surface area contributed by atoms with Gasteiger partial charge in [-0.25, -0.2) is 9.67 Å². The molecule has 0 aliphatic carbocycles. The van der Waals surface area contributed by atoms with Crippen LogP contribution in [-0.4, -0.2) is 29.5 Å². The van der Waals surface area contributed by atoms with Crippen molar-refractivity contribution in [2.75, 3.05) is 0 Å². The summed E-state index contributed by atoms with van der Waals surface area (Å²) in [5.74, 6) is 0. The van der Waals surface area contributed by atoms with E-state index >= 15 is 0 Å². The molecule has 0 aliphatic rings. The van der Waals surface area contributed by atoms with Crippen LogP contribution < -0.4 is 0 Å². The third-order valence-electron chi connectivity index (χ3n) is 2.31. The zero-order chi connectivity index (χ0) is 14.9. The summed E-state index contributed by atoms with van der Waals surface area (Å²) in [4.78, 5) is 33.3. The van der Waals surface area contributed by atoms with Gasteiger partial charge in [0, 0.05) is 0 Å². The van der Waals surface area contributed by atoms with Crippen molar-refractivity contribution in [2.45, 2.75) is 0 Å². The molecule has 0 aliphatic heterocycles. The fourth-order valence-electron chi connectivity index (χ4n) is 1.53. The third kappa shape index (κ3) is 2.12. The molecule has 0 unspecified atom stereocenters. The van der Waals surface area contributed by atoms with E-state index in [9.17, 15) is 30.3 Å². The first-order chi connectivity index (χ1) is 9.41. The Morgan fingerprint density at radius 3 is 1.85 bits per heavy atom. The highest BCUT2D eigenvalue weighted by Crippen LogP contribution is 2.35. The van der Waals surface area contributed by atoms with Crippen LogP contribution in [0.3, 0.4) is 0 Å². The van der Waals surface area contributed by atoms with Crippen molar-refractivity contribution >= 4 is 17.1 Å². The summed E-state index contributed by atoms with van der Waals surface area (Å²) in [5.41, 5.74) is -2.87. The Kier molecular flexibility index (Phi) is 3.04. The van der Waals surface area contributed by atoms with Gasteiger partial charge >= 0.3 is 11.4 Å². The van der Waals surface area contributed by atoms with Gasteiger partial charge in [-0.05, 0) is 0 Å². The highest BCUT2D eigenvalue weighted by molar-refractivity contribution is 5.69. The minimum Gasteiger partial charge on any atom is -0.258 e. The van der Waals surface area contributed by atoms with Crippen molar-refractivity contribution in [3.63, 3.8) is 0 Å². The van der Waals surface area contributed by atoms with Crippen LogP contribution >= 0.6 is 0 Å². The Hall–Kier alpha value is -3.44. The van der Waals surface area contributed by atoms with Gasteiger partial charge in [0.25, 0.3) is 5.69 Å². The fraction of sp³-hybridized carbons (Fsp3) is 0. The fourth-order valence-corrected chi connectivity index (χ4v) is 1.53. The van der Waals surface area contributed by atoms with Crippen LogP contribution in [0.15, 0.2) is 24.8 Å². The normalized spacial score (nSPS) is 10.2. The van der Waals surface area contributed by atoms with Gasteiger partial charge in [0.2, 0.25) is 5.69 Å². The van der Waals surface area contributed by atoms with Crippen molar-refractivity contribution in [1.29, 1.82) is 0 Å². The molecule has 0 fully saturated rings. The molecule has 0 amide bonds. The number of benzene rings is 1. The molecule has 0 radical (unpaired) electrons. The first kappa shape index (κ1) is 13.0. The number of hydrogen-bond acceptors (Lipinski definition) is 8. The topological polar surface area (TPSA) is 160 Å². The quantitative estimate of drug-likeness (QED) is 0.591. The number of hydrogen-bond donors (Lipinski definition) is 0. The summed E-state index contributed by atoms with van der Waals surface area (Å²) in [6.45, 7) is 0. The SMILES string of the molecule is O=[N+]([O-])c1cc([N+](=O)[O-])c(-n2cncn2)c([N+](=O)[O-])c1. The average Bonchev–Trinajstić information content (AvgIpc) is 2.90. The maximum absolute atomic E-state index is 11.0. The van der Waals surface area contributed by atoms with E-state index in [2.05, 4.69) is 10.1 Å². The first-order valence-corrected chi connectivity index (χ1v) is 4.88. The molecule has 1 heterocycles. The number of nitro groups is 3. The van der Waals surface area contributed by atoms with Crippen LogP contribution in [-0.2, 0) is 0 Å². The first-order valence-electron chi connectivity index (χ1n) is 4.88. The summed E-state index contributed by atoms with van der Waals surface area (Å²) in [5, 5.41) is 36.2. The van der Waals surface area contributed by atoms with Gasteiger partial charge in [-0.15, -0.1) is 0 Å². The Balaban J connectivity index is 2.85. The van der Waals surface area contributed by atoms with Gasteiger partial charge in [0.1, 0.15) is 12.7 Å². The predicted octanol–water partition coefficient (Wildman–Crippen LogP) is 0.992.